The van der Waals surface area contributed by atoms with Crippen LogP contribution in [0.1, 0.15) is 11.1 Å². The molecule has 0 atom stereocenters. The summed E-state index contributed by atoms with van der Waals surface area (Å²) >= 11 is 0. The van der Waals surface area contributed by atoms with E-state index in [1.165, 1.54) is 13.2 Å². The van der Waals surface area contributed by atoms with Crippen molar-refractivity contribution < 1.29 is 9.53 Å². The molecule has 0 aliphatic rings. The van der Waals surface area contributed by atoms with E-state index in [1.54, 1.807) is 6.08 Å². The first-order valence-electron chi connectivity index (χ1n) is 4.05. The second kappa shape index (κ2) is 4.45. The summed E-state index contributed by atoms with van der Waals surface area (Å²) < 4.78 is 4.49. The minimum absolute atomic E-state index is 0.330. The van der Waals surface area contributed by atoms with Gasteiger partial charge in [0.15, 0.2) is 0 Å². The molecular formula is C11H12O2. The molecule has 0 saturated carbocycles. The van der Waals surface area contributed by atoms with Crippen LogP contribution < -0.4 is 0 Å². The lowest BCUT2D eigenvalue weighted by molar-refractivity contribution is -0.134. The standard InChI is InChI=1S/C11H12O2/c1-9-5-3-4-6-10(9)7-8-11(12)13-2/h3-8H,1-2H3. The van der Waals surface area contributed by atoms with Gasteiger partial charge in [-0.05, 0) is 24.1 Å². The number of aryl methyl sites for hydroxylation is 1. The summed E-state index contributed by atoms with van der Waals surface area (Å²) in [4.78, 5) is 10.8. The highest BCUT2D eigenvalue weighted by molar-refractivity contribution is 5.87. The van der Waals surface area contributed by atoms with Crippen molar-refractivity contribution >= 4 is 12.0 Å². The molecule has 2 nitrogen and oxygen atoms in total. The molecule has 1 aromatic carbocycles. The van der Waals surface area contributed by atoms with Crippen LogP contribution in [0.4, 0.5) is 0 Å². The Labute approximate surface area is 77.8 Å². The van der Waals surface area contributed by atoms with Crippen molar-refractivity contribution in [2.45, 2.75) is 6.92 Å². The van der Waals surface area contributed by atoms with Crippen molar-refractivity contribution in [3.8, 4) is 0 Å². The fourth-order valence-electron chi connectivity index (χ4n) is 1.000. The highest BCUT2D eigenvalue weighted by atomic mass is 16.5. The van der Waals surface area contributed by atoms with Gasteiger partial charge in [0.2, 0.25) is 0 Å². The zero-order chi connectivity index (χ0) is 9.68. The van der Waals surface area contributed by atoms with Crippen LogP contribution in [0.5, 0.6) is 0 Å². The molecule has 13 heavy (non-hydrogen) atoms. The molecule has 0 N–H and O–H groups in total. The highest BCUT2D eigenvalue weighted by Gasteiger charge is 1.93. The molecule has 1 aromatic rings. The lowest BCUT2D eigenvalue weighted by Crippen LogP contribution is -1.93. The maximum absolute atomic E-state index is 10.8. The van der Waals surface area contributed by atoms with Crippen LogP contribution in [0.25, 0.3) is 6.08 Å². The van der Waals surface area contributed by atoms with Gasteiger partial charge >= 0.3 is 5.97 Å². The summed E-state index contributed by atoms with van der Waals surface area (Å²) in [5, 5.41) is 0. The van der Waals surface area contributed by atoms with E-state index in [2.05, 4.69) is 4.74 Å². The first-order valence-corrected chi connectivity index (χ1v) is 4.05. The summed E-state index contributed by atoms with van der Waals surface area (Å²) in [5.74, 6) is -0.330. The predicted molar refractivity (Wildman–Crippen MR) is 52.2 cm³/mol. The Balaban J connectivity index is 2.80. The molecule has 0 heterocycles. The molecule has 1 rings (SSSR count). The number of hydrogen-bond acceptors (Lipinski definition) is 2. The third kappa shape index (κ3) is 2.75. The van der Waals surface area contributed by atoms with Gasteiger partial charge in [0, 0.05) is 6.08 Å². The Kier molecular flexibility index (Phi) is 3.26. The summed E-state index contributed by atoms with van der Waals surface area (Å²) in [6.45, 7) is 2.00. The van der Waals surface area contributed by atoms with E-state index in [1.807, 2.05) is 31.2 Å². The number of carbonyl (C=O) groups is 1. The Hall–Kier alpha value is -1.57. The normalized spacial score (nSPS) is 10.3. The Bertz CT molecular complexity index is 327. The van der Waals surface area contributed by atoms with Gasteiger partial charge < -0.3 is 4.74 Å². The van der Waals surface area contributed by atoms with Crippen LogP contribution in [-0.4, -0.2) is 13.1 Å². The van der Waals surface area contributed by atoms with E-state index in [0.29, 0.717) is 0 Å². The van der Waals surface area contributed by atoms with Crippen LogP contribution in [0.15, 0.2) is 30.3 Å². The minimum atomic E-state index is -0.330. The van der Waals surface area contributed by atoms with E-state index in [0.717, 1.165) is 11.1 Å². The molecule has 0 saturated heterocycles. The molecular weight excluding hydrogens is 164 g/mol. The predicted octanol–water partition coefficient (Wildman–Crippen LogP) is 2.18. The second-order valence-electron chi connectivity index (χ2n) is 2.71. The number of hydrogen-bond donors (Lipinski definition) is 0. The molecule has 0 aliphatic carbocycles. The van der Waals surface area contributed by atoms with Gasteiger partial charge in [-0.2, -0.15) is 0 Å². The van der Waals surface area contributed by atoms with Crippen LogP contribution in [0, 0.1) is 6.92 Å². The van der Waals surface area contributed by atoms with Crippen LogP contribution in [0.2, 0.25) is 0 Å². The van der Waals surface area contributed by atoms with Crippen molar-refractivity contribution in [1.82, 2.24) is 0 Å². The van der Waals surface area contributed by atoms with Crippen molar-refractivity contribution in [2.24, 2.45) is 0 Å². The average Bonchev–Trinajstić information content (AvgIpc) is 2.16. The van der Waals surface area contributed by atoms with Gasteiger partial charge in [0.05, 0.1) is 7.11 Å². The van der Waals surface area contributed by atoms with E-state index < -0.39 is 0 Å². The highest BCUT2D eigenvalue weighted by Crippen LogP contribution is 2.08. The molecule has 0 radical (unpaired) electrons. The summed E-state index contributed by atoms with van der Waals surface area (Å²) in [6.07, 6.45) is 3.17. The maximum Gasteiger partial charge on any atom is 0.330 e. The largest absolute Gasteiger partial charge is 0.466 e. The second-order valence-corrected chi connectivity index (χ2v) is 2.71. The molecule has 0 spiro atoms. The number of ether oxygens (including phenoxy) is 1. The smallest absolute Gasteiger partial charge is 0.330 e. The zero-order valence-corrected chi connectivity index (χ0v) is 7.78. The van der Waals surface area contributed by atoms with Gasteiger partial charge in [-0.3, -0.25) is 0 Å². The number of benzene rings is 1. The van der Waals surface area contributed by atoms with Crippen LogP contribution in [-0.2, 0) is 9.53 Å². The third-order valence-electron chi connectivity index (χ3n) is 1.79. The number of rotatable bonds is 2. The molecule has 0 aromatic heterocycles. The van der Waals surface area contributed by atoms with Crippen molar-refractivity contribution in [1.29, 1.82) is 0 Å². The summed E-state index contributed by atoms with van der Waals surface area (Å²) in [6, 6.07) is 7.85. The van der Waals surface area contributed by atoms with Gasteiger partial charge in [-0.15, -0.1) is 0 Å². The molecule has 0 unspecified atom stereocenters. The number of carbonyl (C=O) groups excluding carboxylic acids is 1. The maximum atomic E-state index is 10.8. The van der Waals surface area contributed by atoms with Crippen LogP contribution >= 0.6 is 0 Å². The Morgan fingerprint density at radius 2 is 2.08 bits per heavy atom. The summed E-state index contributed by atoms with van der Waals surface area (Å²) in [7, 11) is 1.37. The zero-order valence-electron chi connectivity index (χ0n) is 7.78. The van der Waals surface area contributed by atoms with Crippen molar-refractivity contribution in [3.05, 3.63) is 41.5 Å². The van der Waals surface area contributed by atoms with Crippen molar-refractivity contribution in [3.63, 3.8) is 0 Å². The minimum Gasteiger partial charge on any atom is -0.466 e. The summed E-state index contributed by atoms with van der Waals surface area (Å²) in [5.41, 5.74) is 2.18. The van der Waals surface area contributed by atoms with E-state index in [9.17, 15) is 4.79 Å². The van der Waals surface area contributed by atoms with Crippen molar-refractivity contribution in [2.75, 3.05) is 7.11 Å². The molecule has 2 heteroatoms. The Morgan fingerprint density at radius 1 is 1.38 bits per heavy atom. The molecule has 0 aliphatic heterocycles. The number of methoxy groups -OCH3 is 1. The Morgan fingerprint density at radius 3 is 2.69 bits per heavy atom. The quantitative estimate of drug-likeness (QED) is 0.510. The first kappa shape index (κ1) is 9.52. The fourth-order valence-corrected chi connectivity index (χ4v) is 1.000. The topological polar surface area (TPSA) is 26.3 Å². The lowest BCUT2D eigenvalue weighted by Gasteiger charge is -1.97. The molecule has 0 fully saturated rings. The lowest BCUT2D eigenvalue weighted by atomic mass is 10.1. The first-order chi connectivity index (χ1) is 6.24. The molecule has 0 amide bonds. The number of esters is 1. The third-order valence-corrected chi connectivity index (χ3v) is 1.79. The van der Waals surface area contributed by atoms with Crippen LogP contribution in [0.3, 0.4) is 0 Å². The van der Waals surface area contributed by atoms with E-state index in [-0.39, 0.29) is 5.97 Å². The van der Waals surface area contributed by atoms with Gasteiger partial charge in [-0.1, -0.05) is 24.3 Å². The molecule has 68 valence electrons. The monoisotopic (exact) mass is 176 g/mol. The SMILES string of the molecule is COC(=O)C=Cc1ccccc1C. The van der Waals surface area contributed by atoms with E-state index >= 15 is 0 Å². The fraction of sp³-hybridized carbons (Fsp3) is 0.182. The van der Waals surface area contributed by atoms with Gasteiger partial charge in [0.1, 0.15) is 0 Å². The van der Waals surface area contributed by atoms with E-state index in [4.69, 9.17) is 0 Å². The molecule has 0 bridgehead atoms. The average molecular weight is 176 g/mol. The van der Waals surface area contributed by atoms with Gasteiger partial charge in [0.25, 0.3) is 0 Å². The van der Waals surface area contributed by atoms with Gasteiger partial charge in [-0.25, -0.2) is 4.79 Å².